The minimum atomic E-state index is -5.00. The van der Waals surface area contributed by atoms with Crippen LogP contribution in [-0.4, -0.2) is 15.9 Å². The number of rotatable bonds is 4. The summed E-state index contributed by atoms with van der Waals surface area (Å²) in [5.74, 6) is -0.935. The molecular formula is C19H11Cl2F6N3O2. The Labute approximate surface area is 186 Å². The van der Waals surface area contributed by atoms with Gasteiger partial charge in [0.2, 0.25) is 0 Å². The molecule has 0 aliphatic heterocycles. The maximum absolute atomic E-state index is 13.7. The van der Waals surface area contributed by atoms with Gasteiger partial charge in [-0.15, -0.1) is 0 Å². The fourth-order valence-electron chi connectivity index (χ4n) is 2.67. The van der Waals surface area contributed by atoms with Crippen LogP contribution in [0.1, 0.15) is 16.8 Å². The third kappa shape index (κ3) is 5.46. The van der Waals surface area contributed by atoms with E-state index in [2.05, 4.69) is 10.4 Å². The van der Waals surface area contributed by atoms with Crippen molar-refractivity contribution in [3.8, 4) is 11.4 Å². The van der Waals surface area contributed by atoms with Gasteiger partial charge in [-0.1, -0.05) is 35.3 Å². The van der Waals surface area contributed by atoms with Crippen LogP contribution in [0, 0.1) is 0 Å². The molecule has 0 radical (unpaired) electrons. The van der Waals surface area contributed by atoms with E-state index < -0.39 is 42.0 Å². The second-order valence-corrected chi connectivity index (χ2v) is 7.15. The molecule has 0 bridgehead atoms. The van der Waals surface area contributed by atoms with E-state index in [1.165, 1.54) is 18.2 Å². The number of carbonyl (C=O) groups is 1. The fraction of sp³-hybridized carbons (Fsp3) is 0.158. The maximum atomic E-state index is 13.7. The number of amides is 1. The average Bonchev–Trinajstić information content (AvgIpc) is 3.11. The van der Waals surface area contributed by atoms with Crippen molar-refractivity contribution in [1.82, 2.24) is 15.1 Å². The van der Waals surface area contributed by atoms with Crippen molar-refractivity contribution in [1.29, 1.82) is 0 Å². The minimum Gasteiger partial charge on any atom is -0.406 e. The van der Waals surface area contributed by atoms with Crippen LogP contribution in [0.4, 0.5) is 31.1 Å². The number of aromatic nitrogens is 2. The van der Waals surface area contributed by atoms with E-state index in [9.17, 15) is 31.1 Å². The zero-order valence-corrected chi connectivity index (χ0v) is 17.1. The van der Waals surface area contributed by atoms with Crippen molar-refractivity contribution in [2.45, 2.75) is 18.9 Å². The molecule has 170 valence electrons. The lowest BCUT2D eigenvalue weighted by molar-refractivity contribution is -0.143. The van der Waals surface area contributed by atoms with Crippen LogP contribution in [0.25, 0.3) is 5.69 Å². The molecule has 2 aromatic carbocycles. The number of hydrogen-bond donors (Lipinski definition) is 1. The monoisotopic (exact) mass is 497 g/mol. The highest BCUT2D eigenvalue weighted by atomic mass is 35.5. The molecular weight excluding hydrogens is 487 g/mol. The van der Waals surface area contributed by atoms with Crippen LogP contribution in [-0.2, 0) is 18.9 Å². The van der Waals surface area contributed by atoms with Gasteiger partial charge >= 0.3 is 18.4 Å². The van der Waals surface area contributed by atoms with Crippen molar-refractivity contribution in [3.63, 3.8) is 0 Å². The highest BCUT2D eigenvalue weighted by Gasteiger charge is 2.41. The Hall–Kier alpha value is -2.92. The highest BCUT2D eigenvalue weighted by molar-refractivity contribution is 6.34. The number of benzene rings is 2. The van der Waals surface area contributed by atoms with Gasteiger partial charge in [-0.2, -0.15) is 31.4 Å². The van der Waals surface area contributed by atoms with E-state index in [1.807, 2.05) is 0 Å². The predicted octanol–water partition coefficient (Wildman–Crippen LogP) is 6.51. The average molecular weight is 498 g/mol. The van der Waals surface area contributed by atoms with E-state index in [0.29, 0.717) is 10.9 Å². The summed E-state index contributed by atoms with van der Waals surface area (Å²) in [5, 5.41) is 5.68. The van der Waals surface area contributed by atoms with Crippen LogP contribution in [0.2, 0.25) is 10.0 Å². The first-order valence-electron chi connectivity index (χ1n) is 8.58. The SMILES string of the molecule is O=C(NCc1cccc(C(F)(F)F)c1)Oc1cnn(-c2cc(Cl)ccc2Cl)c1C(F)(F)F. The number of ether oxygens (including phenoxy) is 1. The van der Waals surface area contributed by atoms with Crippen LogP contribution in [0.15, 0.2) is 48.7 Å². The molecule has 0 atom stereocenters. The van der Waals surface area contributed by atoms with Crippen LogP contribution in [0.3, 0.4) is 0 Å². The summed E-state index contributed by atoms with van der Waals surface area (Å²) >= 11 is 11.8. The van der Waals surface area contributed by atoms with Gasteiger partial charge in [-0.25, -0.2) is 9.48 Å². The molecule has 0 saturated carbocycles. The molecule has 0 fully saturated rings. The molecule has 5 nitrogen and oxygen atoms in total. The lowest BCUT2D eigenvalue weighted by Crippen LogP contribution is -2.27. The van der Waals surface area contributed by atoms with Crippen molar-refractivity contribution in [2.75, 3.05) is 0 Å². The van der Waals surface area contributed by atoms with Crippen molar-refractivity contribution < 1.29 is 35.9 Å². The first-order chi connectivity index (χ1) is 14.9. The number of nitrogens with zero attached hydrogens (tertiary/aromatic N) is 2. The molecule has 1 aromatic heterocycles. The molecule has 1 heterocycles. The van der Waals surface area contributed by atoms with E-state index >= 15 is 0 Å². The standard InChI is InChI=1S/C19H11Cl2F6N3O2/c20-12-4-5-13(21)14(7-12)30-16(19(25,26)27)15(9-29-30)32-17(31)28-8-10-2-1-3-11(6-10)18(22,23)24/h1-7,9H,8H2,(H,28,31). The van der Waals surface area contributed by atoms with Gasteiger partial charge in [0.05, 0.1) is 22.5 Å². The molecule has 3 rings (SSSR count). The first-order valence-corrected chi connectivity index (χ1v) is 9.34. The van der Waals surface area contributed by atoms with E-state index in [1.54, 1.807) is 0 Å². The van der Waals surface area contributed by atoms with E-state index in [0.717, 1.165) is 24.3 Å². The van der Waals surface area contributed by atoms with Crippen molar-refractivity contribution in [2.24, 2.45) is 0 Å². The van der Waals surface area contributed by atoms with Crippen molar-refractivity contribution >= 4 is 29.3 Å². The topological polar surface area (TPSA) is 56.1 Å². The smallest absolute Gasteiger partial charge is 0.406 e. The zero-order chi connectivity index (χ0) is 23.7. The number of nitrogens with one attached hydrogen (secondary N) is 1. The predicted molar refractivity (Wildman–Crippen MR) is 103 cm³/mol. The number of carbonyl (C=O) groups excluding carboxylic acids is 1. The Bertz CT molecular complexity index is 1140. The zero-order valence-electron chi connectivity index (χ0n) is 15.6. The molecule has 0 saturated heterocycles. The van der Waals surface area contributed by atoms with E-state index in [-0.39, 0.29) is 21.3 Å². The minimum absolute atomic E-state index is 0.0641. The summed E-state index contributed by atoms with van der Waals surface area (Å²) in [6.07, 6.45) is -10.3. The Kier molecular flexibility index (Phi) is 6.61. The normalized spacial score (nSPS) is 12.0. The maximum Gasteiger partial charge on any atom is 0.437 e. The molecule has 0 aliphatic carbocycles. The number of hydrogen-bond acceptors (Lipinski definition) is 3. The molecule has 1 amide bonds. The van der Waals surface area contributed by atoms with Gasteiger partial charge in [-0.3, -0.25) is 0 Å². The summed E-state index contributed by atoms with van der Waals surface area (Å²) in [4.78, 5) is 12.0. The fourth-order valence-corrected chi connectivity index (χ4v) is 3.03. The number of halogens is 8. The van der Waals surface area contributed by atoms with Crippen LogP contribution >= 0.6 is 23.2 Å². The van der Waals surface area contributed by atoms with Gasteiger partial charge in [0.25, 0.3) is 0 Å². The highest BCUT2D eigenvalue weighted by Crippen LogP contribution is 2.39. The summed E-state index contributed by atoms with van der Waals surface area (Å²) in [7, 11) is 0. The van der Waals surface area contributed by atoms with Gasteiger partial charge in [0.15, 0.2) is 11.4 Å². The summed E-state index contributed by atoms with van der Waals surface area (Å²) in [6.45, 7) is -0.418. The van der Waals surface area contributed by atoms with Crippen LogP contribution in [0.5, 0.6) is 5.75 Å². The molecule has 13 heteroatoms. The van der Waals surface area contributed by atoms with E-state index in [4.69, 9.17) is 27.9 Å². The first kappa shape index (κ1) is 23.7. The number of alkyl halides is 6. The Morgan fingerprint density at radius 3 is 2.41 bits per heavy atom. The van der Waals surface area contributed by atoms with Gasteiger partial charge in [0.1, 0.15) is 0 Å². The molecule has 0 spiro atoms. The Morgan fingerprint density at radius 2 is 1.75 bits per heavy atom. The van der Waals surface area contributed by atoms with Crippen LogP contribution < -0.4 is 10.1 Å². The lowest BCUT2D eigenvalue weighted by atomic mass is 10.1. The third-order valence-corrected chi connectivity index (χ3v) is 4.59. The molecule has 1 N–H and O–H groups in total. The second kappa shape index (κ2) is 8.91. The molecule has 0 aliphatic rings. The van der Waals surface area contributed by atoms with Gasteiger partial charge < -0.3 is 10.1 Å². The molecule has 0 unspecified atom stereocenters. The molecule has 32 heavy (non-hydrogen) atoms. The van der Waals surface area contributed by atoms with Crippen molar-refractivity contribution in [3.05, 3.63) is 75.5 Å². The summed E-state index contributed by atoms with van der Waals surface area (Å²) in [5.41, 5.74) is -2.51. The van der Waals surface area contributed by atoms with Gasteiger partial charge in [-0.05, 0) is 35.9 Å². The third-order valence-electron chi connectivity index (χ3n) is 4.03. The Morgan fingerprint density at radius 1 is 1.03 bits per heavy atom. The summed E-state index contributed by atoms with van der Waals surface area (Å²) in [6, 6.07) is 7.84. The quantitative estimate of drug-likeness (QED) is 0.418. The molecule has 3 aromatic rings. The second-order valence-electron chi connectivity index (χ2n) is 6.30. The Balaban J connectivity index is 1.81. The largest absolute Gasteiger partial charge is 0.437 e. The summed E-state index contributed by atoms with van der Waals surface area (Å²) < 4.78 is 84.4. The lowest BCUT2D eigenvalue weighted by Gasteiger charge is -2.14. The van der Waals surface area contributed by atoms with Gasteiger partial charge in [0, 0.05) is 11.6 Å².